The van der Waals surface area contributed by atoms with E-state index in [2.05, 4.69) is 5.32 Å². The van der Waals surface area contributed by atoms with Crippen LogP contribution in [-0.2, 0) is 9.59 Å². The van der Waals surface area contributed by atoms with E-state index in [4.69, 9.17) is 15.2 Å². The number of primary amides is 1. The number of nitrogens with two attached hydrogens (primary N) is 1. The molecule has 6 heteroatoms. The van der Waals surface area contributed by atoms with Crippen LogP contribution in [0.5, 0.6) is 11.5 Å². The Balaban J connectivity index is 1.87. The maximum atomic E-state index is 11.9. The third kappa shape index (κ3) is 3.65. The molecule has 0 atom stereocenters. The summed E-state index contributed by atoms with van der Waals surface area (Å²) in [6, 6.07) is 6.92. The molecule has 0 spiro atoms. The predicted molar refractivity (Wildman–Crippen MR) is 77.0 cm³/mol. The largest absolute Gasteiger partial charge is 0.497 e. The third-order valence-corrected chi connectivity index (χ3v) is 3.74. The van der Waals surface area contributed by atoms with Crippen molar-refractivity contribution in [3.63, 3.8) is 0 Å². The molecule has 2 amide bonds. The number of amides is 2. The predicted octanol–water partition coefficient (Wildman–Crippen LogP) is 0.988. The van der Waals surface area contributed by atoms with Crippen LogP contribution < -0.4 is 20.5 Å². The van der Waals surface area contributed by atoms with Gasteiger partial charge in [-0.3, -0.25) is 9.59 Å². The Labute approximate surface area is 123 Å². The molecular weight excluding hydrogens is 272 g/mol. The van der Waals surface area contributed by atoms with Crippen molar-refractivity contribution in [2.45, 2.75) is 31.2 Å². The van der Waals surface area contributed by atoms with Gasteiger partial charge in [0, 0.05) is 0 Å². The molecule has 1 saturated carbocycles. The molecule has 114 valence electrons. The Kier molecular flexibility index (Phi) is 4.67. The zero-order chi connectivity index (χ0) is 15.3. The highest BCUT2D eigenvalue weighted by Crippen LogP contribution is 2.29. The Morgan fingerprint density at radius 2 is 1.76 bits per heavy atom. The van der Waals surface area contributed by atoms with Crippen LogP contribution in [0.25, 0.3) is 0 Å². The number of nitrogens with one attached hydrogen (secondary N) is 1. The minimum Gasteiger partial charge on any atom is -0.497 e. The number of ether oxygens (including phenoxy) is 2. The van der Waals surface area contributed by atoms with Crippen molar-refractivity contribution in [3.05, 3.63) is 24.3 Å². The van der Waals surface area contributed by atoms with Crippen molar-refractivity contribution in [1.82, 2.24) is 5.32 Å². The number of hydrogen-bond acceptors (Lipinski definition) is 4. The number of carbonyl (C=O) groups is 2. The van der Waals surface area contributed by atoms with Crippen molar-refractivity contribution in [2.24, 2.45) is 5.73 Å². The van der Waals surface area contributed by atoms with Crippen molar-refractivity contribution in [1.29, 1.82) is 0 Å². The molecule has 21 heavy (non-hydrogen) atoms. The molecule has 1 aromatic rings. The molecule has 1 aliphatic carbocycles. The molecule has 0 aliphatic heterocycles. The average molecular weight is 292 g/mol. The number of carbonyl (C=O) groups excluding carboxylic acids is 2. The summed E-state index contributed by atoms with van der Waals surface area (Å²) in [6.07, 6.45) is 2.97. The van der Waals surface area contributed by atoms with Gasteiger partial charge in [0.1, 0.15) is 17.0 Å². The molecule has 1 aliphatic rings. The zero-order valence-corrected chi connectivity index (χ0v) is 12.1. The number of hydrogen-bond donors (Lipinski definition) is 2. The quantitative estimate of drug-likeness (QED) is 0.818. The van der Waals surface area contributed by atoms with Crippen molar-refractivity contribution in [3.8, 4) is 11.5 Å². The lowest BCUT2D eigenvalue weighted by Gasteiger charge is -2.26. The van der Waals surface area contributed by atoms with Gasteiger partial charge >= 0.3 is 0 Å². The summed E-state index contributed by atoms with van der Waals surface area (Å²) in [5.41, 5.74) is 4.51. The van der Waals surface area contributed by atoms with E-state index in [0.717, 1.165) is 12.8 Å². The van der Waals surface area contributed by atoms with Gasteiger partial charge in [-0.2, -0.15) is 0 Å². The van der Waals surface area contributed by atoms with Gasteiger partial charge in [0.25, 0.3) is 5.91 Å². The van der Waals surface area contributed by atoms with E-state index in [1.807, 2.05) is 0 Å². The summed E-state index contributed by atoms with van der Waals surface area (Å²) in [5, 5.41) is 2.72. The molecule has 0 aromatic heterocycles. The molecule has 0 bridgehead atoms. The molecule has 1 fully saturated rings. The Morgan fingerprint density at radius 1 is 1.19 bits per heavy atom. The monoisotopic (exact) mass is 292 g/mol. The topological polar surface area (TPSA) is 90.7 Å². The number of benzene rings is 1. The summed E-state index contributed by atoms with van der Waals surface area (Å²) in [6.45, 7) is -0.151. The second-order valence-electron chi connectivity index (χ2n) is 5.17. The van der Waals surface area contributed by atoms with Crippen LogP contribution in [0.2, 0.25) is 0 Å². The SMILES string of the molecule is COc1ccc(OCC(=O)NC2(C(N)=O)CCCC2)cc1. The maximum absolute atomic E-state index is 11.9. The first-order chi connectivity index (χ1) is 10.1. The molecule has 0 heterocycles. The van der Waals surface area contributed by atoms with Crippen LogP contribution in [0.15, 0.2) is 24.3 Å². The third-order valence-electron chi connectivity index (χ3n) is 3.74. The van der Waals surface area contributed by atoms with E-state index in [1.54, 1.807) is 31.4 Å². The molecule has 6 nitrogen and oxygen atoms in total. The lowest BCUT2D eigenvalue weighted by atomic mass is 9.97. The van der Waals surface area contributed by atoms with Gasteiger partial charge in [-0.05, 0) is 37.1 Å². The molecular formula is C15H20N2O4. The highest BCUT2D eigenvalue weighted by molar-refractivity contribution is 5.91. The second-order valence-corrected chi connectivity index (χ2v) is 5.17. The molecule has 1 aromatic carbocycles. The molecule has 2 rings (SSSR count). The lowest BCUT2D eigenvalue weighted by Crippen LogP contribution is -2.56. The minimum atomic E-state index is -0.902. The number of methoxy groups -OCH3 is 1. The van der Waals surface area contributed by atoms with Gasteiger partial charge in [0.2, 0.25) is 5.91 Å². The fourth-order valence-electron chi connectivity index (χ4n) is 2.54. The molecule has 0 radical (unpaired) electrons. The van der Waals surface area contributed by atoms with Crippen molar-refractivity contribution < 1.29 is 19.1 Å². The smallest absolute Gasteiger partial charge is 0.258 e. The average Bonchev–Trinajstić information content (AvgIpc) is 2.95. The van der Waals surface area contributed by atoms with E-state index in [9.17, 15) is 9.59 Å². The molecule has 3 N–H and O–H groups in total. The number of rotatable bonds is 6. The van der Waals surface area contributed by atoms with Crippen molar-refractivity contribution >= 4 is 11.8 Å². The lowest BCUT2D eigenvalue weighted by molar-refractivity contribution is -0.132. The van der Waals surface area contributed by atoms with E-state index in [1.165, 1.54) is 0 Å². The van der Waals surface area contributed by atoms with Gasteiger partial charge < -0.3 is 20.5 Å². The van der Waals surface area contributed by atoms with Gasteiger partial charge in [0.15, 0.2) is 6.61 Å². The summed E-state index contributed by atoms with van der Waals surface area (Å²) in [5.74, 6) is 0.459. The normalized spacial score (nSPS) is 16.2. The Morgan fingerprint density at radius 3 is 2.29 bits per heavy atom. The summed E-state index contributed by atoms with van der Waals surface area (Å²) < 4.78 is 10.4. The van der Waals surface area contributed by atoms with Crippen LogP contribution in [0.3, 0.4) is 0 Å². The Hall–Kier alpha value is -2.24. The maximum Gasteiger partial charge on any atom is 0.258 e. The minimum absolute atomic E-state index is 0.151. The fourth-order valence-corrected chi connectivity index (χ4v) is 2.54. The molecule has 0 saturated heterocycles. The molecule has 0 unspecified atom stereocenters. The summed E-state index contributed by atoms with van der Waals surface area (Å²) in [4.78, 5) is 23.5. The standard InChI is InChI=1S/C15H20N2O4/c1-20-11-4-6-12(7-5-11)21-10-13(18)17-15(14(16)19)8-2-3-9-15/h4-7H,2-3,8-10H2,1H3,(H2,16,19)(H,17,18). The van der Waals surface area contributed by atoms with Gasteiger partial charge in [-0.15, -0.1) is 0 Å². The van der Waals surface area contributed by atoms with Crippen LogP contribution in [-0.4, -0.2) is 31.1 Å². The van der Waals surface area contributed by atoms with E-state index in [-0.39, 0.29) is 12.5 Å². The van der Waals surface area contributed by atoms with Gasteiger partial charge in [-0.25, -0.2) is 0 Å². The van der Waals surface area contributed by atoms with Crippen molar-refractivity contribution in [2.75, 3.05) is 13.7 Å². The highest BCUT2D eigenvalue weighted by atomic mass is 16.5. The zero-order valence-electron chi connectivity index (χ0n) is 12.1. The van der Waals surface area contributed by atoms with E-state index in [0.29, 0.717) is 24.3 Å². The second kappa shape index (κ2) is 6.47. The first-order valence-corrected chi connectivity index (χ1v) is 6.93. The van der Waals surface area contributed by atoms with E-state index >= 15 is 0 Å². The summed E-state index contributed by atoms with van der Waals surface area (Å²) in [7, 11) is 1.58. The van der Waals surface area contributed by atoms with E-state index < -0.39 is 11.4 Å². The fraction of sp³-hybridized carbons (Fsp3) is 0.467. The first kappa shape index (κ1) is 15.2. The van der Waals surface area contributed by atoms with Crippen LogP contribution >= 0.6 is 0 Å². The first-order valence-electron chi connectivity index (χ1n) is 6.93. The van der Waals surface area contributed by atoms with Gasteiger partial charge in [-0.1, -0.05) is 12.8 Å². The van der Waals surface area contributed by atoms with Crippen LogP contribution in [0, 0.1) is 0 Å². The Bertz CT molecular complexity index is 507. The van der Waals surface area contributed by atoms with Crippen LogP contribution in [0.4, 0.5) is 0 Å². The van der Waals surface area contributed by atoms with Crippen LogP contribution in [0.1, 0.15) is 25.7 Å². The highest BCUT2D eigenvalue weighted by Gasteiger charge is 2.40. The van der Waals surface area contributed by atoms with Gasteiger partial charge in [0.05, 0.1) is 7.11 Å². The summed E-state index contributed by atoms with van der Waals surface area (Å²) >= 11 is 0.